The molecule has 21 heavy (non-hydrogen) atoms. The summed E-state index contributed by atoms with van der Waals surface area (Å²) in [4.78, 5) is 27.4. The van der Waals surface area contributed by atoms with Crippen LogP contribution in [-0.4, -0.2) is 22.2 Å². The molecule has 0 unspecified atom stereocenters. The second-order valence-electron chi connectivity index (χ2n) is 4.07. The Bertz CT molecular complexity index is 686. The number of aliphatic carboxylic acids is 2. The predicted molar refractivity (Wildman–Crippen MR) is 75.6 cm³/mol. The van der Waals surface area contributed by atoms with Gasteiger partial charge in [0.05, 0.1) is 13.1 Å². The first-order valence-corrected chi connectivity index (χ1v) is 5.64. The summed E-state index contributed by atoms with van der Waals surface area (Å²) >= 11 is 0. The monoisotopic (exact) mass is 282 g/mol. The number of hydrogen-bond acceptors (Lipinski definition) is 2. The van der Waals surface area contributed by atoms with Crippen molar-refractivity contribution in [3.63, 3.8) is 0 Å². The molecule has 0 heterocycles. The van der Waals surface area contributed by atoms with Gasteiger partial charge in [0.25, 0.3) is 11.4 Å². The van der Waals surface area contributed by atoms with Crippen LogP contribution in [0.2, 0.25) is 0 Å². The van der Waals surface area contributed by atoms with Crippen LogP contribution in [0.5, 0.6) is 0 Å². The van der Waals surface area contributed by atoms with Crippen LogP contribution in [-0.2, 0) is 9.59 Å². The van der Waals surface area contributed by atoms with Crippen molar-refractivity contribution in [2.75, 3.05) is 0 Å². The third-order valence-corrected chi connectivity index (χ3v) is 2.41. The van der Waals surface area contributed by atoms with Crippen molar-refractivity contribution in [3.05, 3.63) is 69.1 Å². The molecule has 1 aromatic rings. The van der Waals surface area contributed by atoms with Gasteiger partial charge in [0.1, 0.15) is 0 Å². The lowest BCUT2D eigenvalue weighted by Gasteiger charge is -2.02. The fourth-order valence-corrected chi connectivity index (χ4v) is 1.61. The average Bonchev–Trinajstić information content (AvgIpc) is 2.40. The molecule has 6 nitrogen and oxygen atoms in total. The molecule has 0 spiro atoms. The Morgan fingerprint density at radius 1 is 0.952 bits per heavy atom. The van der Waals surface area contributed by atoms with E-state index in [1.54, 1.807) is 19.1 Å². The molecule has 0 saturated carbocycles. The van der Waals surface area contributed by atoms with Gasteiger partial charge in [-0.2, -0.15) is 0 Å². The van der Waals surface area contributed by atoms with E-state index in [0.717, 1.165) is 5.56 Å². The first kappa shape index (κ1) is 15.7. The van der Waals surface area contributed by atoms with Gasteiger partial charge in [-0.15, -0.1) is 0 Å². The van der Waals surface area contributed by atoms with Gasteiger partial charge < -0.3 is 10.2 Å². The molecular formula is C15H10N2O4. The molecule has 0 fully saturated rings. The SMILES string of the molecule is [C-]#[N+]/C(=C\c1cc(C)cc(/C=C(\[N+]#[C-])C(=O)O)c1)C(=O)O. The quantitative estimate of drug-likeness (QED) is 0.657. The number of nitrogens with zero attached hydrogens (tertiary/aromatic N) is 2. The lowest BCUT2D eigenvalue weighted by Crippen LogP contribution is -1.97. The van der Waals surface area contributed by atoms with Crippen LogP contribution in [0.15, 0.2) is 29.6 Å². The molecule has 0 atom stereocenters. The fourth-order valence-electron chi connectivity index (χ4n) is 1.61. The van der Waals surface area contributed by atoms with Crippen molar-refractivity contribution in [2.24, 2.45) is 0 Å². The van der Waals surface area contributed by atoms with Gasteiger partial charge in [-0.3, -0.25) is 9.59 Å². The molecule has 0 radical (unpaired) electrons. The van der Waals surface area contributed by atoms with Crippen LogP contribution < -0.4 is 0 Å². The van der Waals surface area contributed by atoms with E-state index in [0.29, 0.717) is 11.1 Å². The van der Waals surface area contributed by atoms with E-state index in [9.17, 15) is 9.59 Å². The van der Waals surface area contributed by atoms with Gasteiger partial charge >= 0.3 is 11.9 Å². The highest BCUT2D eigenvalue weighted by Gasteiger charge is 2.09. The first-order valence-electron chi connectivity index (χ1n) is 5.64. The van der Waals surface area contributed by atoms with Gasteiger partial charge in [-0.05, 0) is 30.2 Å². The van der Waals surface area contributed by atoms with Crippen LogP contribution in [0.3, 0.4) is 0 Å². The molecule has 0 bridgehead atoms. The van der Waals surface area contributed by atoms with Crippen LogP contribution >= 0.6 is 0 Å². The summed E-state index contributed by atoms with van der Waals surface area (Å²) in [5, 5.41) is 17.6. The Kier molecular flexibility index (Phi) is 4.99. The first-order chi connectivity index (χ1) is 9.87. The second kappa shape index (κ2) is 6.69. The van der Waals surface area contributed by atoms with Gasteiger partial charge in [-0.25, -0.2) is 9.69 Å². The largest absolute Gasteiger partial charge is 0.486 e. The molecule has 1 rings (SSSR count). The number of carboxylic acids is 2. The van der Waals surface area contributed by atoms with Crippen LogP contribution in [0.25, 0.3) is 21.8 Å². The highest BCUT2D eigenvalue weighted by atomic mass is 16.4. The summed E-state index contributed by atoms with van der Waals surface area (Å²) in [5.41, 5.74) is 0.756. The average molecular weight is 282 g/mol. The van der Waals surface area contributed by atoms with Crippen LogP contribution in [0.1, 0.15) is 16.7 Å². The zero-order chi connectivity index (χ0) is 16.0. The summed E-state index contributed by atoms with van der Waals surface area (Å²) < 4.78 is 0. The molecule has 0 saturated heterocycles. The van der Waals surface area contributed by atoms with E-state index in [-0.39, 0.29) is 0 Å². The number of hydrogen-bond donors (Lipinski definition) is 2. The zero-order valence-electron chi connectivity index (χ0n) is 11.0. The molecule has 1 aromatic carbocycles. The van der Waals surface area contributed by atoms with Gasteiger partial charge in [0.2, 0.25) is 0 Å². The fraction of sp³-hybridized carbons (Fsp3) is 0.0667. The summed E-state index contributed by atoms with van der Waals surface area (Å²) in [6.07, 6.45) is 2.38. The summed E-state index contributed by atoms with van der Waals surface area (Å²) in [6, 6.07) is 4.82. The number of carboxylic acid groups (broad SMARTS) is 2. The minimum Gasteiger partial charge on any atom is -0.486 e. The van der Waals surface area contributed by atoms with Crippen LogP contribution in [0.4, 0.5) is 0 Å². The Balaban J connectivity index is 3.37. The maximum atomic E-state index is 10.8. The van der Waals surface area contributed by atoms with Crippen molar-refractivity contribution >= 4 is 24.1 Å². The molecular weight excluding hydrogens is 272 g/mol. The number of benzene rings is 1. The lowest BCUT2D eigenvalue weighted by atomic mass is 10.0. The topological polar surface area (TPSA) is 83.3 Å². The lowest BCUT2D eigenvalue weighted by molar-refractivity contribution is -0.133. The number of carbonyl (C=O) groups is 2. The smallest absolute Gasteiger partial charge is 0.333 e. The Labute approximate surface area is 120 Å². The molecule has 104 valence electrons. The Morgan fingerprint density at radius 3 is 1.62 bits per heavy atom. The summed E-state index contributed by atoms with van der Waals surface area (Å²) in [6.45, 7) is 15.3. The van der Waals surface area contributed by atoms with Crippen molar-refractivity contribution in [3.8, 4) is 0 Å². The predicted octanol–water partition coefficient (Wildman–Crippen LogP) is 2.68. The minimum atomic E-state index is -1.34. The standard InChI is InChI=1S/C15H10N2O4/c1-9-4-10(7-12(16-2)14(18)19)6-11(5-9)8-13(17-3)15(20)21/h4-8H,1H3,(H,18,19)(H,20,21)/b12-7-,13-8-. The third-order valence-electron chi connectivity index (χ3n) is 2.41. The van der Waals surface area contributed by atoms with Gasteiger partial charge in [-0.1, -0.05) is 23.8 Å². The molecule has 6 heteroatoms. The van der Waals surface area contributed by atoms with E-state index in [2.05, 4.69) is 9.69 Å². The van der Waals surface area contributed by atoms with Gasteiger partial charge in [0, 0.05) is 0 Å². The van der Waals surface area contributed by atoms with Crippen molar-refractivity contribution in [1.29, 1.82) is 0 Å². The number of rotatable bonds is 4. The molecule has 0 aliphatic rings. The normalized spacial score (nSPS) is 11.4. The minimum absolute atomic E-state index is 0.445. The van der Waals surface area contributed by atoms with Crippen LogP contribution in [0, 0.1) is 20.1 Å². The molecule has 0 aliphatic carbocycles. The number of aryl methyl sites for hydroxylation is 1. The van der Waals surface area contributed by atoms with E-state index in [1.165, 1.54) is 18.2 Å². The summed E-state index contributed by atoms with van der Waals surface area (Å²) in [5.74, 6) is -2.67. The Hall–Kier alpha value is -3.38. The molecule has 0 aromatic heterocycles. The second-order valence-corrected chi connectivity index (χ2v) is 4.07. The molecule has 2 N–H and O–H groups in total. The zero-order valence-corrected chi connectivity index (χ0v) is 11.0. The van der Waals surface area contributed by atoms with Crippen molar-refractivity contribution in [2.45, 2.75) is 6.92 Å². The van der Waals surface area contributed by atoms with E-state index in [4.69, 9.17) is 23.4 Å². The maximum Gasteiger partial charge on any atom is 0.333 e. The summed E-state index contributed by atoms with van der Waals surface area (Å²) in [7, 11) is 0. The van der Waals surface area contributed by atoms with E-state index in [1.807, 2.05) is 0 Å². The third kappa shape index (κ3) is 4.34. The van der Waals surface area contributed by atoms with Crippen molar-refractivity contribution < 1.29 is 19.8 Å². The van der Waals surface area contributed by atoms with E-state index >= 15 is 0 Å². The van der Waals surface area contributed by atoms with E-state index < -0.39 is 23.3 Å². The van der Waals surface area contributed by atoms with Crippen molar-refractivity contribution in [1.82, 2.24) is 0 Å². The highest BCUT2D eigenvalue weighted by molar-refractivity contribution is 5.95. The molecule has 0 amide bonds. The molecule has 0 aliphatic heterocycles. The van der Waals surface area contributed by atoms with Gasteiger partial charge in [0.15, 0.2) is 0 Å². The highest BCUT2D eigenvalue weighted by Crippen LogP contribution is 2.17. The Morgan fingerprint density at radius 2 is 1.33 bits per heavy atom. The maximum absolute atomic E-state index is 10.8.